The lowest BCUT2D eigenvalue weighted by Gasteiger charge is -2.16. The zero-order valence-electron chi connectivity index (χ0n) is 10.6. The third-order valence-corrected chi connectivity index (χ3v) is 2.71. The number of halogens is 1. The lowest BCUT2D eigenvalue weighted by atomic mass is 10.1. The monoisotopic (exact) mass is 301 g/mol. The van der Waals surface area contributed by atoms with E-state index in [4.69, 9.17) is 0 Å². The highest BCUT2D eigenvalue weighted by Crippen LogP contribution is 2.15. The van der Waals surface area contributed by atoms with Crippen molar-refractivity contribution in [3.63, 3.8) is 0 Å². The van der Waals surface area contributed by atoms with Crippen LogP contribution in [0.3, 0.4) is 0 Å². The fraction of sp³-hybridized carbons (Fsp3) is 0.667. The van der Waals surface area contributed by atoms with Crippen molar-refractivity contribution < 1.29 is 5.11 Å². The molecule has 1 heterocycles. The third-order valence-electron chi connectivity index (χ3n) is 2.30. The minimum atomic E-state index is -0.308. The van der Waals surface area contributed by atoms with E-state index in [1.807, 2.05) is 13.0 Å². The summed E-state index contributed by atoms with van der Waals surface area (Å²) in [6.45, 7) is 5.92. The molecule has 1 aromatic heterocycles. The van der Waals surface area contributed by atoms with Gasteiger partial charge in [-0.25, -0.2) is 9.97 Å². The molecule has 0 aromatic carbocycles. The molecule has 0 aliphatic heterocycles. The first kappa shape index (κ1) is 14.4. The first-order valence-electron chi connectivity index (χ1n) is 5.99. The van der Waals surface area contributed by atoms with Gasteiger partial charge in [0.15, 0.2) is 0 Å². The van der Waals surface area contributed by atoms with Gasteiger partial charge in [-0.2, -0.15) is 0 Å². The van der Waals surface area contributed by atoms with Crippen LogP contribution in [-0.4, -0.2) is 27.2 Å². The molecule has 0 bridgehead atoms. The molecule has 4 nitrogen and oxygen atoms in total. The van der Waals surface area contributed by atoms with Crippen molar-refractivity contribution in [1.29, 1.82) is 0 Å². The Morgan fingerprint density at radius 2 is 2.12 bits per heavy atom. The minimum Gasteiger partial charge on any atom is -0.393 e. The number of aliphatic hydroxyl groups is 1. The number of nitrogens with one attached hydrogen (secondary N) is 1. The van der Waals surface area contributed by atoms with E-state index >= 15 is 0 Å². The topological polar surface area (TPSA) is 58.0 Å². The first-order chi connectivity index (χ1) is 8.01. The molecule has 96 valence electrons. The van der Waals surface area contributed by atoms with E-state index in [2.05, 4.69) is 38.1 Å². The summed E-state index contributed by atoms with van der Waals surface area (Å²) < 4.78 is 0.794. The molecular formula is C12H20BrN3O. The molecule has 0 saturated carbocycles. The van der Waals surface area contributed by atoms with Gasteiger partial charge in [-0.15, -0.1) is 0 Å². The number of hydrogen-bond acceptors (Lipinski definition) is 4. The molecule has 1 aromatic rings. The lowest BCUT2D eigenvalue weighted by molar-refractivity contribution is 0.179. The summed E-state index contributed by atoms with van der Waals surface area (Å²) in [7, 11) is 0. The van der Waals surface area contributed by atoms with E-state index in [-0.39, 0.29) is 12.1 Å². The van der Waals surface area contributed by atoms with Crippen LogP contribution in [0.2, 0.25) is 0 Å². The molecule has 2 unspecified atom stereocenters. The largest absolute Gasteiger partial charge is 0.393 e. The van der Waals surface area contributed by atoms with Gasteiger partial charge in [0.2, 0.25) is 0 Å². The van der Waals surface area contributed by atoms with Gasteiger partial charge in [-0.3, -0.25) is 0 Å². The molecular weight excluding hydrogens is 282 g/mol. The van der Waals surface area contributed by atoms with E-state index in [1.165, 1.54) is 0 Å². The maximum atomic E-state index is 9.31. The Balaban J connectivity index is 2.69. The van der Waals surface area contributed by atoms with Crippen LogP contribution in [0.25, 0.3) is 0 Å². The van der Waals surface area contributed by atoms with E-state index in [0.717, 1.165) is 29.1 Å². The average molecular weight is 302 g/mol. The van der Waals surface area contributed by atoms with Crippen LogP contribution in [0.4, 0.5) is 5.82 Å². The van der Waals surface area contributed by atoms with Crippen LogP contribution in [0.5, 0.6) is 0 Å². The Morgan fingerprint density at radius 1 is 1.41 bits per heavy atom. The van der Waals surface area contributed by atoms with Crippen molar-refractivity contribution in [2.45, 2.75) is 52.2 Å². The fourth-order valence-electron chi connectivity index (χ4n) is 1.70. The van der Waals surface area contributed by atoms with Crippen LogP contribution in [0.15, 0.2) is 10.7 Å². The van der Waals surface area contributed by atoms with E-state index in [0.29, 0.717) is 6.42 Å². The summed E-state index contributed by atoms with van der Waals surface area (Å²) in [5, 5.41) is 12.6. The van der Waals surface area contributed by atoms with Crippen molar-refractivity contribution in [2.24, 2.45) is 0 Å². The number of aromatic nitrogens is 2. The van der Waals surface area contributed by atoms with Gasteiger partial charge in [0.25, 0.3) is 0 Å². The maximum absolute atomic E-state index is 9.31. The van der Waals surface area contributed by atoms with Gasteiger partial charge in [0, 0.05) is 18.5 Å². The fourth-order valence-corrected chi connectivity index (χ4v) is 2.12. The minimum absolute atomic E-state index is 0.186. The van der Waals surface area contributed by atoms with E-state index in [9.17, 15) is 5.11 Å². The molecule has 0 aliphatic carbocycles. The molecule has 0 spiro atoms. The molecule has 2 N–H and O–H groups in total. The number of hydrogen-bond donors (Lipinski definition) is 2. The van der Waals surface area contributed by atoms with Crippen LogP contribution in [0, 0.1) is 0 Å². The summed E-state index contributed by atoms with van der Waals surface area (Å²) in [5.74, 6) is 1.65. The van der Waals surface area contributed by atoms with E-state index < -0.39 is 0 Å². The normalized spacial score (nSPS) is 14.4. The number of nitrogens with zero attached hydrogens (tertiary/aromatic N) is 2. The van der Waals surface area contributed by atoms with Crippen LogP contribution >= 0.6 is 15.9 Å². The Morgan fingerprint density at radius 3 is 2.71 bits per heavy atom. The summed E-state index contributed by atoms with van der Waals surface area (Å²) in [4.78, 5) is 8.74. The Labute approximate surface area is 111 Å². The molecule has 2 atom stereocenters. The molecule has 0 amide bonds. The summed E-state index contributed by atoms with van der Waals surface area (Å²) in [6, 6.07) is 2.05. The van der Waals surface area contributed by atoms with Crippen molar-refractivity contribution in [3.05, 3.63) is 16.5 Å². The molecule has 0 radical (unpaired) electrons. The summed E-state index contributed by atoms with van der Waals surface area (Å²) >= 11 is 3.38. The average Bonchev–Trinajstić information content (AvgIpc) is 2.14. The molecule has 0 aliphatic rings. The van der Waals surface area contributed by atoms with Crippen molar-refractivity contribution in [2.75, 3.05) is 5.32 Å². The summed E-state index contributed by atoms with van der Waals surface area (Å²) in [6.07, 6.45) is 2.29. The number of anilines is 1. The maximum Gasteiger partial charge on any atom is 0.132 e. The predicted molar refractivity (Wildman–Crippen MR) is 73.1 cm³/mol. The highest BCUT2D eigenvalue weighted by molar-refractivity contribution is 9.10. The van der Waals surface area contributed by atoms with Gasteiger partial charge >= 0.3 is 0 Å². The number of aliphatic hydroxyl groups excluding tert-OH is 1. The second-order valence-electron chi connectivity index (χ2n) is 4.37. The van der Waals surface area contributed by atoms with Crippen molar-refractivity contribution in [1.82, 2.24) is 9.97 Å². The van der Waals surface area contributed by atoms with Gasteiger partial charge in [-0.05, 0) is 42.6 Å². The number of aryl methyl sites for hydroxylation is 1. The van der Waals surface area contributed by atoms with Crippen LogP contribution < -0.4 is 5.32 Å². The van der Waals surface area contributed by atoms with Gasteiger partial charge < -0.3 is 10.4 Å². The van der Waals surface area contributed by atoms with Crippen molar-refractivity contribution >= 4 is 21.7 Å². The van der Waals surface area contributed by atoms with Crippen molar-refractivity contribution in [3.8, 4) is 0 Å². The standard InChI is InChI=1S/C12H20BrN3O/c1-4-5-11-15-10(13)7-12(16-11)14-8(2)6-9(3)17/h7-9,17H,4-6H2,1-3H3,(H,14,15,16). The molecule has 17 heavy (non-hydrogen) atoms. The lowest BCUT2D eigenvalue weighted by Crippen LogP contribution is -2.21. The second kappa shape index (κ2) is 6.91. The first-order valence-corrected chi connectivity index (χ1v) is 6.78. The zero-order valence-corrected chi connectivity index (χ0v) is 12.2. The highest BCUT2D eigenvalue weighted by Gasteiger charge is 2.08. The van der Waals surface area contributed by atoms with Gasteiger partial charge in [-0.1, -0.05) is 6.92 Å². The van der Waals surface area contributed by atoms with Gasteiger partial charge in [0.1, 0.15) is 16.2 Å². The van der Waals surface area contributed by atoms with Crippen LogP contribution in [-0.2, 0) is 6.42 Å². The molecule has 0 fully saturated rings. The zero-order chi connectivity index (χ0) is 12.8. The molecule has 5 heteroatoms. The van der Waals surface area contributed by atoms with E-state index in [1.54, 1.807) is 6.92 Å². The Kier molecular flexibility index (Phi) is 5.85. The Hall–Kier alpha value is -0.680. The molecule has 1 rings (SSSR count). The van der Waals surface area contributed by atoms with Gasteiger partial charge in [0.05, 0.1) is 6.10 Å². The summed E-state index contributed by atoms with van der Waals surface area (Å²) in [5.41, 5.74) is 0. The quantitative estimate of drug-likeness (QED) is 0.793. The third kappa shape index (κ3) is 5.46. The number of rotatable bonds is 6. The smallest absolute Gasteiger partial charge is 0.132 e. The van der Waals surface area contributed by atoms with Crippen LogP contribution in [0.1, 0.15) is 39.4 Å². The predicted octanol–water partition coefficient (Wildman–Crippen LogP) is 2.76. The SMILES string of the molecule is CCCc1nc(Br)cc(NC(C)CC(C)O)n1. The highest BCUT2D eigenvalue weighted by atomic mass is 79.9. The molecule has 0 saturated heterocycles. The Bertz CT molecular complexity index is 358. The second-order valence-corrected chi connectivity index (χ2v) is 5.18.